The molecule has 0 radical (unpaired) electrons. The number of rotatable bonds is 39. The number of nitrogens with two attached hydrogens (primary N) is 1. The Kier molecular flexibility index (Phi) is 39.0. The Morgan fingerprint density at radius 1 is 0.556 bits per heavy atom. The zero-order valence-electron chi connectivity index (χ0n) is 34.8. The molecule has 0 fully saturated rings. The van der Waals surface area contributed by atoms with Crippen molar-refractivity contribution in [3.05, 3.63) is 60.8 Å². The van der Waals surface area contributed by atoms with Crippen molar-refractivity contribution in [3.63, 3.8) is 0 Å². The number of allylic oxidation sites excluding steroid dienone is 10. The predicted octanol–water partition coefficient (Wildman–Crippen LogP) is 12.6. The molecular formula is C47H82N2O5. The van der Waals surface area contributed by atoms with E-state index in [1.54, 1.807) is 0 Å². The van der Waals surface area contributed by atoms with Crippen molar-refractivity contribution in [1.29, 1.82) is 0 Å². The van der Waals surface area contributed by atoms with Crippen LogP contribution in [0.2, 0.25) is 0 Å². The third-order valence-electron chi connectivity index (χ3n) is 9.57. The van der Waals surface area contributed by atoms with Gasteiger partial charge in [-0.15, -0.1) is 0 Å². The summed E-state index contributed by atoms with van der Waals surface area (Å²) in [4.78, 5) is 36.4. The Bertz CT molecular complexity index is 1030. The second-order valence-corrected chi connectivity index (χ2v) is 14.7. The van der Waals surface area contributed by atoms with Crippen LogP contribution in [0.15, 0.2) is 60.8 Å². The van der Waals surface area contributed by atoms with Gasteiger partial charge in [-0.25, -0.2) is 4.79 Å². The van der Waals surface area contributed by atoms with Crippen molar-refractivity contribution in [3.8, 4) is 0 Å². The lowest BCUT2D eigenvalue weighted by Gasteiger charge is -2.18. The van der Waals surface area contributed by atoms with Crippen molar-refractivity contribution in [1.82, 2.24) is 5.32 Å². The van der Waals surface area contributed by atoms with Gasteiger partial charge in [-0.2, -0.15) is 0 Å². The van der Waals surface area contributed by atoms with E-state index in [1.165, 1.54) is 51.4 Å². The van der Waals surface area contributed by atoms with Gasteiger partial charge >= 0.3 is 11.9 Å². The Morgan fingerprint density at radius 3 is 1.61 bits per heavy atom. The number of carbonyl (C=O) groups excluding carboxylic acids is 2. The molecule has 0 rings (SSSR count). The number of carboxylic acids is 1. The van der Waals surface area contributed by atoms with Crippen LogP contribution in [0.4, 0.5) is 0 Å². The molecule has 0 heterocycles. The normalized spacial score (nSPS) is 13.2. The minimum absolute atomic E-state index is 0.0415. The Labute approximate surface area is 331 Å². The van der Waals surface area contributed by atoms with Gasteiger partial charge in [0.1, 0.15) is 12.1 Å². The quantitative estimate of drug-likeness (QED) is 0.0327. The number of hydrogen-bond donors (Lipinski definition) is 3. The van der Waals surface area contributed by atoms with Crippen molar-refractivity contribution in [2.45, 2.75) is 212 Å². The van der Waals surface area contributed by atoms with Crippen LogP contribution < -0.4 is 11.1 Å². The van der Waals surface area contributed by atoms with E-state index >= 15 is 0 Å². The fourth-order valence-corrected chi connectivity index (χ4v) is 6.27. The van der Waals surface area contributed by atoms with E-state index in [1.807, 2.05) is 0 Å². The van der Waals surface area contributed by atoms with E-state index in [2.05, 4.69) is 79.9 Å². The van der Waals surface area contributed by atoms with Gasteiger partial charge in [0.15, 0.2) is 0 Å². The summed E-state index contributed by atoms with van der Waals surface area (Å²) in [5.74, 6) is -1.28. The Balaban J connectivity index is 4.44. The Hall–Kier alpha value is -2.93. The summed E-state index contributed by atoms with van der Waals surface area (Å²) in [5, 5.41) is 11.9. The van der Waals surface area contributed by atoms with Crippen molar-refractivity contribution >= 4 is 17.8 Å². The minimum Gasteiger partial charge on any atom is -0.480 e. The highest BCUT2D eigenvalue weighted by Crippen LogP contribution is 2.18. The number of carbonyl (C=O) groups is 3. The molecule has 0 aromatic carbocycles. The predicted molar refractivity (Wildman–Crippen MR) is 229 cm³/mol. The van der Waals surface area contributed by atoms with Gasteiger partial charge in [0.25, 0.3) is 0 Å². The van der Waals surface area contributed by atoms with E-state index in [0.717, 1.165) is 109 Å². The Morgan fingerprint density at radius 2 is 1.04 bits per heavy atom. The van der Waals surface area contributed by atoms with Crippen LogP contribution >= 0.6 is 0 Å². The van der Waals surface area contributed by atoms with E-state index in [0.29, 0.717) is 32.2 Å². The molecule has 0 bridgehead atoms. The molecule has 1 amide bonds. The summed E-state index contributed by atoms with van der Waals surface area (Å²) in [6.45, 7) is 4.81. The smallest absolute Gasteiger partial charge is 0.326 e. The molecule has 7 heteroatoms. The molecule has 2 atom stereocenters. The third-order valence-corrected chi connectivity index (χ3v) is 9.57. The van der Waals surface area contributed by atoms with E-state index in [9.17, 15) is 19.5 Å². The van der Waals surface area contributed by atoms with Gasteiger partial charge in [0.2, 0.25) is 5.91 Å². The maximum atomic E-state index is 12.8. The monoisotopic (exact) mass is 755 g/mol. The summed E-state index contributed by atoms with van der Waals surface area (Å²) in [7, 11) is 0. The van der Waals surface area contributed by atoms with Crippen LogP contribution in [-0.4, -0.2) is 41.6 Å². The van der Waals surface area contributed by atoms with Crippen molar-refractivity contribution in [2.75, 3.05) is 6.54 Å². The van der Waals surface area contributed by atoms with Crippen LogP contribution in [0.5, 0.6) is 0 Å². The zero-order valence-corrected chi connectivity index (χ0v) is 34.8. The number of ether oxygens (including phenoxy) is 1. The van der Waals surface area contributed by atoms with E-state index in [4.69, 9.17) is 10.5 Å². The van der Waals surface area contributed by atoms with E-state index < -0.39 is 12.0 Å². The number of aliphatic carboxylic acids is 1. The third kappa shape index (κ3) is 37.4. The molecule has 310 valence electrons. The maximum absolute atomic E-state index is 12.8. The van der Waals surface area contributed by atoms with Gasteiger partial charge in [-0.3, -0.25) is 9.59 Å². The molecule has 0 aliphatic carbocycles. The topological polar surface area (TPSA) is 119 Å². The van der Waals surface area contributed by atoms with Crippen LogP contribution in [-0.2, 0) is 19.1 Å². The first-order chi connectivity index (χ1) is 26.4. The lowest BCUT2D eigenvalue weighted by molar-refractivity contribution is -0.150. The van der Waals surface area contributed by atoms with Crippen molar-refractivity contribution in [2.24, 2.45) is 5.73 Å². The average molecular weight is 755 g/mol. The SMILES string of the molecule is CC/C=C\C/C=C\C/C=C\CCCCCCCC(=O)OC(CCC/C=C\C/C=C\CCCCCCC)CCCCCCCC(=O)NC(CCCN)C(=O)O. The molecule has 54 heavy (non-hydrogen) atoms. The van der Waals surface area contributed by atoms with Crippen LogP contribution in [0.3, 0.4) is 0 Å². The summed E-state index contributed by atoms with van der Waals surface area (Å²) < 4.78 is 6.02. The number of esters is 1. The van der Waals surface area contributed by atoms with Gasteiger partial charge in [0, 0.05) is 12.8 Å². The number of hydrogen-bond acceptors (Lipinski definition) is 5. The molecule has 4 N–H and O–H groups in total. The molecule has 0 aromatic heterocycles. The van der Waals surface area contributed by atoms with Crippen molar-refractivity contribution < 1.29 is 24.2 Å². The number of nitrogens with one attached hydrogen (secondary N) is 1. The zero-order chi connectivity index (χ0) is 39.6. The maximum Gasteiger partial charge on any atom is 0.326 e. The molecule has 0 spiro atoms. The first-order valence-corrected chi connectivity index (χ1v) is 22.1. The average Bonchev–Trinajstić information content (AvgIpc) is 3.16. The number of amides is 1. The largest absolute Gasteiger partial charge is 0.480 e. The van der Waals surface area contributed by atoms with Crippen LogP contribution in [0.1, 0.15) is 200 Å². The fourth-order valence-electron chi connectivity index (χ4n) is 6.27. The highest BCUT2D eigenvalue weighted by Gasteiger charge is 2.19. The summed E-state index contributed by atoms with van der Waals surface area (Å²) >= 11 is 0. The standard InChI is InChI=1S/C47H82N2O5/c1-3-5-7-9-11-13-15-17-18-20-22-24-26-31-35-41-46(51)54-43(37-32-28-25-23-21-19-16-14-12-10-8-6-4-2)38-33-29-27-30-34-40-45(50)49-44(47(52)53)39-36-42-48/h5,7,11,13,16-19,23,25,43-44H,3-4,6,8-10,12,14-15,20-22,24,26-42,48H2,1-2H3,(H,49,50)(H,52,53)/b7-5-,13-11-,18-17-,19-16-,25-23-. The van der Waals surface area contributed by atoms with Gasteiger partial charge in [-0.1, -0.05) is 139 Å². The molecule has 0 saturated carbocycles. The van der Waals surface area contributed by atoms with Gasteiger partial charge < -0.3 is 20.9 Å². The first kappa shape index (κ1) is 51.1. The van der Waals surface area contributed by atoms with Crippen LogP contribution in [0, 0.1) is 0 Å². The number of unbranched alkanes of at least 4 members (excludes halogenated alkanes) is 15. The molecule has 0 saturated heterocycles. The molecule has 0 aromatic rings. The molecule has 7 nitrogen and oxygen atoms in total. The molecule has 0 aliphatic rings. The second kappa shape index (κ2) is 41.2. The lowest BCUT2D eigenvalue weighted by atomic mass is 10.0. The molecule has 2 unspecified atom stereocenters. The highest BCUT2D eigenvalue weighted by atomic mass is 16.5. The highest BCUT2D eigenvalue weighted by molar-refractivity contribution is 5.83. The fraction of sp³-hybridized carbons (Fsp3) is 0.723. The summed E-state index contributed by atoms with van der Waals surface area (Å²) in [6, 6.07) is -0.864. The minimum atomic E-state index is -1.01. The second-order valence-electron chi connectivity index (χ2n) is 14.7. The van der Waals surface area contributed by atoms with Crippen LogP contribution in [0.25, 0.3) is 0 Å². The molecular weight excluding hydrogens is 673 g/mol. The van der Waals surface area contributed by atoms with E-state index in [-0.39, 0.29) is 18.0 Å². The first-order valence-electron chi connectivity index (χ1n) is 22.1. The van der Waals surface area contributed by atoms with Gasteiger partial charge in [-0.05, 0) is 116 Å². The lowest BCUT2D eigenvalue weighted by Crippen LogP contribution is -2.40. The number of carboxylic acid groups (broad SMARTS) is 1. The van der Waals surface area contributed by atoms with Gasteiger partial charge in [0.05, 0.1) is 0 Å². The summed E-state index contributed by atoms with van der Waals surface area (Å²) in [6.07, 6.45) is 51.2. The molecule has 0 aliphatic heterocycles. The summed E-state index contributed by atoms with van der Waals surface area (Å²) in [5.41, 5.74) is 5.48.